The highest BCUT2D eigenvalue weighted by Crippen LogP contribution is 2.13. The minimum absolute atomic E-state index is 0.0466. The van der Waals surface area contributed by atoms with E-state index in [0.29, 0.717) is 18.8 Å². The van der Waals surface area contributed by atoms with Crippen molar-refractivity contribution in [1.29, 1.82) is 0 Å². The van der Waals surface area contributed by atoms with Gasteiger partial charge in [0.15, 0.2) is 6.61 Å². The normalized spacial score (nSPS) is 10.6. The summed E-state index contributed by atoms with van der Waals surface area (Å²) in [5.74, 6) is 0.252. The van der Waals surface area contributed by atoms with Crippen molar-refractivity contribution < 1.29 is 14.3 Å². The molecule has 0 spiro atoms. The molecule has 2 N–H and O–H groups in total. The Morgan fingerprint density at radius 3 is 2.37 bits per heavy atom. The van der Waals surface area contributed by atoms with Gasteiger partial charge in [0.25, 0.3) is 5.91 Å². The van der Waals surface area contributed by atoms with Crippen LogP contribution in [0.4, 0.5) is 0 Å². The molecule has 2 rings (SSSR count). The SMILES string of the molecule is CCCc1ccc(OCC(=O)NCCNC(=O)/C=C/c2ccccc2)cc1. The first-order valence-electron chi connectivity index (χ1n) is 9.17. The minimum atomic E-state index is -0.221. The summed E-state index contributed by atoms with van der Waals surface area (Å²) in [6.45, 7) is 2.80. The zero-order valence-electron chi connectivity index (χ0n) is 15.6. The van der Waals surface area contributed by atoms with Gasteiger partial charge in [-0.2, -0.15) is 0 Å². The highest BCUT2D eigenvalue weighted by atomic mass is 16.5. The molecular weight excluding hydrogens is 340 g/mol. The molecule has 0 radical (unpaired) electrons. The summed E-state index contributed by atoms with van der Waals surface area (Å²) in [6, 6.07) is 17.3. The first kappa shape index (κ1) is 20.2. The molecule has 0 bridgehead atoms. The quantitative estimate of drug-likeness (QED) is 0.502. The molecular formula is C22H26N2O3. The van der Waals surface area contributed by atoms with E-state index in [1.54, 1.807) is 6.08 Å². The molecule has 0 saturated heterocycles. The van der Waals surface area contributed by atoms with Gasteiger partial charge in [-0.05, 0) is 35.8 Å². The largest absolute Gasteiger partial charge is 0.484 e. The lowest BCUT2D eigenvalue weighted by molar-refractivity contribution is -0.123. The first-order valence-corrected chi connectivity index (χ1v) is 9.17. The van der Waals surface area contributed by atoms with E-state index in [1.807, 2.05) is 54.6 Å². The van der Waals surface area contributed by atoms with E-state index in [2.05, 4.69) is 17.6 Å². The second kappa shape index (κ2) is 11.5. The molecule has 2 aromatic rings. The molecule has 5 heteroatoms. The van der Waals surface area contributed by atoms with Crippen LogP contribution in [0.25, 0.3) is 6.08 Å². The number of ether oxygens (including phenoxy) is 1. The Labute approximate surface area is 160 Å². The van der Waals surface area contributed by atoms with E-state index in [-0.39, 0.29) is 18.4 Å². The van der Waals surface area contributed by atoms with Gasteiger partial charge in [-0.3, -0.25) is 9.59 Å². The minimum Gasteiger partial charge on any atom is -0.484 e. The predicted octanol–water partition coefficient (Wildman–Crippen LogP) is 2.96. The summed E-state index contributed by atoms with van der Waals surface area (Å²) in [7, 11) is 0. The molecule has 0 saturated carbocycles. The fourth-order valence-electron chi connectivity index (χ4n) is 2.42. The second-order valence-electron chi connectivity index (χ2n) is 6.07. The molecule has 2 amide bonds. The zero-order chi connectivity index (χ0) is 19.3. The third-order valence-electron chi connectivity index (χ3n) is 3.81. The number of aryl methyl sites for hydroxylation is 1. The van der Waals surface area contributed by atoms with Crippen LogP contribution in [0.3, 0.4) is 0 Å². The fourth-order valence-corrected chi connectivity index (χ4v) is 2.42. The van der Waals surface area contributed by atoms with Crippen molar-refractivity contribution in [3.63, 3.8) is 0 Å². The van der Waals surface area contributed by atoms with Crippen molar-refractivity contribution in [1.82, 2.24) is 10.6 Å². The molecule has 27 heavy (non-hydrogen) atoms. The summed E-state index contributed by atoms with van der Waals surface area (Å²) in [5.41, 5.74) is 2.21. The topological polar surface area (TPSA) is 67.4 Å². The highest BCUT2D eigenvalue weighted by Gasteiger charge is 2.03. The summed E-state index contributed by atoms with van der Waals surface area (Å²) >= 11 is 0. The maximum absolute atomic E-state index is 11.8. The van der Waals surface area contributed by atoms with E-state index < -0.39 is 0 Å². The van der Waals surface area contributed by atoms with Crippen LogP contribution in [0.1, 0.15) is 24.5 Å². The van der Waals surface area contributed by atoms with Gasteiger partial charge in [0.2, 0.25) is 5.91 Å². The first-order chi connectivity index (χ1) is 13.2. The Bertz CT molecular complexity index is 740. The van der Waals surface area contributed by atoms with E-state index >= 15 is 0 Å². The van der Waals surface area contributed by atoms with Crippen LogP contribution in [0.2, 0.25) is 0 Å². The van der Waals surface area contributed by atoms with E-state index in [1.165, 1.54) is 11.6 Å². The molecule has 0 heterocycles. The Morgan fingerprint density at radius 1 is 0.963 bits per heavy atom. The van der Waals surface area contributed by atoms with E-state index in [0.717, 1.165) is 18.4 Å². The van der Waals surface area contributed by atoms with Gasteiger partial charge in [-0.25, -0.2) is 0 Å². The summed E-state index contributed by atoms with van der Waals surface area (Å²) in [5, 5.41) is 5.43. The Kier molecular flexibility index (Phi) is 8.63. The van der Waals surface area contributed by atoms with Crippen LogP contribution >= 0.6 is 0 Å². The van der Waals surface area contributed by atoms with Crippen LogP contribution in [0.5, 0.6) is 5.75 Å². The van der Waals surface area contributed by atoms with Crippen molar-refractivity contribution >= 4 is 17.9 Å². The average molecular weight is 366 g/mol. The monoisotopic (exact) mass is 366 g/mol. The van der Waals surface area contributed by atoms with Crippen LogP contribution in [0.15, 0.2) is 60.7 Å². The number of carbonyl (C=O) groups excluding carboxylic acids is 2. The van der Waals surface area contributed by atoms with E-state index in [4.69, 9.17) is 4.74 Å². The van der Waals surface area contributed by atoms with Crippen molar-refractivity contribution in [2.45, 2.75) is 19.8 Å². The third-order valence-corrected chi connectivity index (χ3v) is 3.81. The lowest BCUT2D eigenvalue weighted by Crippen LogP contribution is -2.36. The second-order valence-corrected chi connectivity index (χ2v) is 6.07. The number of carbonyl (C=O) groups is 2. The van der Waals surface area contributed by atoms with E-state index in [9.17, 15) is 9.59 Å². The maximum atomic E-state index is 11.8. The van der Waals surface area contributed by atoms with Crippen molar-refractivity contribution in [2.24, 2.45) is 0 Å². The maximum Gasteiger partial charge on any atom is 0.258 e. The summed E-state index contributed by atoms with van der Waals surface area (Å²) < 4.78 is 5.46. The smallest absolute Gasteiger partial charge is 0.258 e. The number of amides is 2. The highest BCUT2D eigenvalue weighted by molar-refractivity contribution is 5.91. The standard InChI is InChI=1S/C22H26N2O3/c1-2-6-18-9-12-20(13-10-18)27-17-22(26)24-16-15-23-21(25)14-11-19-7-4-3-5-8-19/h3-5,7-14H,2,6,15-17H2,1H3,(H,23,25)(H,24,26)/b14-11+. The molecule has 0 aliphatic carbocycles. The van der Waals surface area contributed by atoms with Gasteiger partial charge in [0.1, 0.15) is 5.75 Å². The Hall–Kier alpha value is -3.08. The van der Waals surface area contributed by atoms with Crippen molar-refractivity contribution in [2.75, 3.05) is 19.7 Å². The van der Waals surface area contributed by atoms with Crippen LogP contribution < -0.4 is 15.4 Å². The molecule has 0 aromatic heterocycles. The van der Waals surface area contributed by atoms with Crippen LogP contribution in [0, 0.1) is 0 Å². The zero-order valence-corrected chi connectivity index (χ0v) is 15.6. The Balaban J connectivity index is 1.59. The van der Waals surface area contributed by atoms with Gasteiger partial charge in [-0.1, -0.05) is 55.8 Å². The molecule has 2 aromatic carbocycles. The number of benzene rings is 2. The fraction of sp³-hybridized carbons (Fsp3) is 0.273. The summed E-state index contributed by atoms with van der Waals surface area (Å²) in [6.07, 6.45) is 5.35. The van der Waals surface area contributed by atoms with Crippen LogP contribution in [-0.2, 0) is 16.0 Å². The molecule has 142 valence electrons. The van der Waals surface area contributed by atoms with Gasteiger partial charge < -0.3 is 15.4 Å². The molecule has 0 atom stereocenters. The van der Waals surface area contributed by atoms with Gasteiger partial charge in [0, 0.05) is 19.2 Å². The van der Waals surface area contributed by atoms with Gasteiger partial charge >= 0.3 is 0 Å². The predicted molar refractivity (Wildman–Crippen MR) is 107 cm³/mol. The molecule has 0 aliphatic heterocycles. The number of hydrogen-bond acceptors (Lipinski definition) is 3. The Morgan fingerprint density at radius 2 is 1.67 bits per heavy atom. The molecule has 0 fully saturated rings. The number of rotatable bonds is 10. The van der Waals surface area contributed by atoms with Crippen LogP contribution in [-0.4, -0.2) is 31.5 Å². The molecule has 5 nitrogen and oxygen atoms in total. The van der Waals surface area contributed by atoms with Gasteiger partial charge in [-0.15, -0.1) is 0 Å². The average Bonchev–Trinajstić information content (AvgIpc) is 2.70. The van der Waals surface area contributed by atoms with Gasteiger partial charge in [0.05, 0.1) is 0 Å². The molecule has 0 aliphatic rings. The number of nitrogens with one attached hydrogen (secondary N) is 2. The van der Waals surface area contributed by atoms with Crippen molar-refractivity contribution in [3.05, 3.63) is 71.8 Å². The lowest BCUT2D eigenvalue weighted by atomic mass is 10.1. The van der Waals surface area contributed by atoms with Crippen molar-refractivity contribution in [3.8, 4) is 5.75 Å². The third kappa shape index (κ3) is 8.23. The molecule has 0 unspecified atom stereocenters. The summed E-state index contributed by atoms with van der Waals surface area (Å²) in [4.78, 5) is 23.5. The number of hydrogen-bond donors (Lipinski definition) is 2. The lowest BCUT2D eigenvalue weighted by Gasteiger charge is -2.08.